The standard InChI is InChI=1S/C13H14BrFN4/c1-8-6-17-13(18-7-8)12(19-16)4-9-2-3-10(14)5-11(9)15/h2-3,5-7,12,19H,4,16H2,1H3. The van der Waals surface area contributed by atoms with Crippen LogP contribution in [-0.2, 0) is 6.42 Å². The maximum absolute atomic E-state index is 13.8. The predicted molar refractivity (Wildman–Crippen MR) is 74.6 cm³/mol. The minimum absolute atomic E-state index is 0.276. The Balaban J connectivity index is 2.21. The first-order chi connectivity index (χ1) is 9.10. The van der Waals surface area contributed by atoms with Gasteiger partial charge in [-0.25, -0.2) is 19.8 Å². The molecular formula is C13H14BrFN4. The van der Waals surface area contributed by atoms with Crippen molar-refractivity contribution >= 4 is 15.9 Å². The van der Waals surface area contributed by atoms with Crippen LogP contribution in [0, 0.1) is 12.7 Å². The Kier molecular flexibility index (Phi) is 4.57. The van der Waals surface area contributed by atoms with Crippen molar-refractivity contribution in [2.45, 2.75) is 19.4 Å². The quantitative estimate of drug-likeness (QED) is 0.669. The summed E-state index contributed by atoms with van der Waals surface area (Å²) in [6.45, 7) is 1.91. The molecule has 0 fully saturated rings. The van der Waals surface area contributed by atoms with E-state index in [0.29, 0.717) is 22.3 Å². The summed E-state index contributed by atoms with van der Waals surface area (Å²) in [4.78, 5) is 8.42. The lowest BCUT2D eigenvalue weighted by Gasteiger charge is -2.15. The molecule has 6 heteroatoms. The number of hydrogen-bond acceptors (Lipinski definition) is 4. The summed E-state index contributed by atoms with van der Waals surface area (Å²) in [6, 6.07) is 4.62. The molecule has 1 aromatic carbocycles. The molecule has 1 unspecified atom stereocenters. The van der Waals surface area contributed by atoms with Gasteiger partial charge < -0.3 is 0 Å². The van der Waals surface area contributed by atoms with Gasteiger partial charge in [0.15, 0.2) is 0 Å². The summed E-state index contributed by atoms with van der Waals surface area (Å²) in [7, 11) is 0. The van der Waals surface area contributed by atoms with Crippen LogP contribution in [0.5, 0.6) is 0 Å². The van der Waals surface area contributed by atoms with Crippen LogP contribution in [0.2, 0.25) is 0 Å². The molecule has 0 amide bonds. The van der Waals surface area contributed by atoms with E-state index < -0.39 is 0 Å². The molecule has 0 aliphatic rings. The van der Waals surface area contributed by atoms with Gasteiger partial charge in [-0.2, -0.15) is 0 Å². The number of nitrogens with one attached hydrogen (secondary N) is 1. The Morgan fingerprint density at radius 1 is 1.37 bits per heavy atom. The Hall–Kier alpha value is -1.37. The molecule has 0 spiro atoms. The second-order valence-electron chi connectivity index (χ2n) is 4.28. The van der Waals surface area contributed by atoms with Crippen LogP contribution in [0.3, 0.4) is 0 Å². The van der Waals surface area contributed by atoms with E-state index in [1.165, 1.54) is 6.07 Å². The monoisotopic (exact) mass is 324 g/mol. The highest BCUT2D eigenvalue weighted by Gasteiger charge is 2.15. The van der Waals surface area contributed by atoms with Crippen LogP contribution < -0.4 is 11.3 Å². The van der Waals surface area contributed by atoms with Gasteiger partial charge in [-0.05, 0) is 36.6 Å². The first-order valence-corrected chi connectivity index (χ1v) is 6.58. The number of rotatable bonds is 4. The van der Waals surface area contributed by atoms with Crippen molar-refractivity contribution in [3.63, 3.8) is 0 Å². The fourth-order valence-corrected chi connectivity index (χ4v) is 2.05. The summed E-state index contributed by atoms with van der Waals surface area (Å²) in [5.74, 6) is 5.78. The van der Waals surface area contributed by atoms with E-state index in [4.69, 9.17) is 5.84 Å². The van der Waals surface area contributed by atoms with Crippen molar-refractivity contribution in [3.8, 4) is 0 Å². The molecule has 19 heavy (non-hydrogen) atoms. The van der Waals surface area contributed by atoms with Crippen molar-refractivity contribution in [2.24, 2.45) is 5.84 Å². The minimum Gasteiger partial charge on any atom is -0.271 e. The average Bonchev–Trinajstić information content (AvgIpc) is 2.39. The highest BCUT2D eigenvalue weighted by atomic mass is 79.9. The fourth-order valence-electron chi connectivity index (χ4n) is 1.71. The molecule has 100 valence electrons. The van der Waals surface area contributed by atoms with Crippen LogP contribution >= 0.6 is 15.9 Å². The lowest BCUT2D eigenvalue weighted by atomic mass is 10.1. The normalized spacial score (nSPS) is 12.4. The van der Waals surface area contributed by atoms with E-state index in [9.17, 15) is 4.39 Å². The minimum atomic E-state index is -0.323. The molecule has 0 aliphatic heterocycles. The number of hydrogen-bond donors (Lipinski definition) is 2. The van der Waals surface area contributed by atoms with Gasteiger partial charge in [0.05, 0.1) is 6.04 Å². The third-order valence-corrected chi connectivity index (χ3v) is 3.25. The smallest absolute Gasteiger partial charge is 0.146 e. The summed E-state index contributed by atoms with van der Waals surface area (Å²) < 4.78 is 14.5. The highest BCUT2D eigenvalue weighted by molar-refractivity contribution is 9.10. The zero-order valence-electron chi connectivity index (χ0n) is 10.4. The van der Waals surface area contributed by atoms with Crippen LogP contribution in [0.25, 0.3) is 0 Å². The van der Waals surface area contributed by atoms with Crippen LogP contribution in [0.1, 0.15) is 23.0 Å². The molecule has 0 saturated heterocycles. The summed E-state index contributed by atoms with van der Waals surface area (Å²) in [6.07, 6.45) is 3.81. The van der Waals surface area contributed by atoms with Crippen LogP contribution in [0.4, 0.5) is 4.39 Å². The fraction of sp³-hybridized carbons (Fsp3) is 0.231. The molecule has 3 N–H and O–H groups in total. The number of aryl methyl sites for hydroxylation is 1. The van der Waals surface area contributed by atoms with Crippen LogP contribution in [-0.4, -0.2) is 9.97 Å². The van der Waals surface area contributed by atoms with Crippen molar-refractivity contribution in [2.75, 3.05) is 0 Å². The lowest BCUT2D eigenvalue weighted by Crippen LogP contribution is -2.31. The molecule has 2 aromatic rings. The molecular weight excluding hydrogens is 311 g/mol. The topological polar surface area (TPSA) is 63.8 Å². The van der Waals surface area contributed by atoms with Gasteiger partial charge in [-0.3, -0.25) is 5.84 Å². The van der Waals surface area contributed by atoms with Gasteiger partial charge in [-0.15, -0.1) is 0 Å². The van der Waals surface area contributed by atoms with E-state index in [1.54, 1.807) is 24.5 Å². The first-order valence-electron chi connectivity index (χ1n) is 5.78. The zero-order valence-corrected chi connectivity index (χ0v) is 12.0. The number of nitrogens with two attached hydrogens (primary N) is 1. The number of nitrogens with zero attached hydrogens (tertiary/aromatic N) is 2. The van der Waals surface area contributed by atoms with E-state index in [1.807, 2.05) is 6.92 Å². The number of halogens is 2. The average molecular weight is 325 g/mol. The first kappa shape index (κ1) is 14.0. The maximum atomic E-state index is 13.8. The summed E-state index contributed by atoms with van der Waals surface area (Å²) >= 11 is 3.23. The second kappa shape index (κ2) is 6.18. The summed E-state index contributed by atoms with van der Waals surface area (Å²) in [5.41, 5.74) is 4.16. The molecule has 1 aromatic heterocycles. The molecule has 0 saturated carbocycles. The van der Waals surface area contributed by atoms with Gasteiger partial charge in [0, 0.05) is 16.9 Å². The molecule has 0 bridgehead atoms. The zero-order chi connectivity index (χ0) is 13.8. The largest absolute Gasteiger partial charge is 0.271 e. The second-order valence-corrected chi connectivity index (χ2v) is 5.19. The van der Waals surface area contributed by atoms with E-state index in [2.05, 4.69) is 31.3 Å². The molecule has 4 nitrogen and oxygen atoms in total. The van der Waals surface area contributed by atoms with Crippen LogP contribution in [0.15, 0.2) is 35.1 Å². The third kappa shape index (κ3) is 3.56. The number of benzene rings is 1. The molecule has 2 rings (SSSR count). The molecule has 1 heterocycles. The Bertz CT molecular complexity index is 559. The lowest BCUT2D eigenvalue weighted by molar-refractivity contribution is 0.506. The SMILES string of the molecule is Cc1cnc(C(Cc2ccc(Br)cc2F)NN)nc1. The van der Waals surface area contributed by atoms with Crippen molar-refractivity contribution in [3.05, 3.63) is 57.8 Å². The predicted octanol–water partition coefficient (Wildman–Crippen LogP) is 2.43. The van der Waals surface area contributed by atoms with E-state index in [-0.39, 0.29) is 11.9 Å². The Labute approximate surface area is 119 Å². The highest BCUT2D eigenvalue weighted by Crippen LogP contribution is 2.20. The molecule has 0 radical (unpaired) electrons. The number of aromatic nitrogens is 2. The van der Waals surface area contributed by atoms with Gasteiger partial charge in [-0.1, -0.05) is 22.0 Å². The van der Waals surface area contributed by atoms with Gasteiger partial charge in [0.1, 0.15) is 11.6 Å². The maximum Gasteiger partial charge on any atom is 0.146 e. The van der Waals surface area contributed by atoms with Gasteiger partial charge in [0.25, 0.3) is 0 Å². The molecule has 1 atom stereocenters. The van der Waals surface area contributed by atoms with Gasteiger partial charge in [0.2, 0.25) is 0 Å². The van der Waals surface area contributed by atoms with Crippen molar-refractivity contribution < 1.29 is 4.39 Å². The van der Waals surface area contributed by atoms with E-state index in [0.717, 1.165) is 5.56 Å². The van der Waals surface area contributed by atoms with Crippen molar-refractivity contribution in [1.82, 2.24) is 15.4 Å². The summed E-state index contributed by atoms with van der Waals surface area (Å²) in [5, 5.41) is 0. The Morgan fingerprint density at radius 2 is 2.05 bits per heavy atom. The van der Waals surface area contributed by atoms with Gasteiger partial charge >= 0.3 is 0 Å². The van der Waals surface area contributed by atoms with E-state index >= 15 is 0 Å². The van der Waals surface area contributed by atoms with Crippen molar-refractivity contribution in [1.29, 1.82) is 0 Å². The molecule has 0 aliphatic carbocycles. The Morgan fingerprint density at radius 3 is 2.63 bits per heavy atom. The third-order valence-electron chi connectivity index (χ3n) is 2.75. The number of hydrazine groups is 1.